The number of hydrogen-bond acceptors (Lipinski definition) is 2. The van der Waals surface area contributed by atoms with E-state index in [1.165, 1.54) is 6.08 Å². The Balaban J connectivity index is 3.92. The van der Waals surface area contributed by atoms with Crippen LogP contribution < -0.4 is 5.32 Å². The van der Waals surface area contributed by atoms with Gasteiger partial charge in [-0.3, -0.25) is 0 Å². The molecule has 0 spiro atoms. The zero-order chi connectivity index (χ0) is 6.57. The quantitative estimate of drug-likeness (QED) is 0.505. The third-order valence-corrected chi connectivity index (χ3v) is 0.788. The van der Waals surface area contributed by atoms with Crippen molar-refractivity contribution < 1.29 is 9.90 Å². The molecule has 8 heavy (non-hydrogen) atoms. The second kappa shape index (κ2) is 3.07. The van der Waals surface area contributed by atoms with E-state index in [1.807, 2.05) is 0 Å². The van der Waals surface area contributed by atoms with Crippen LogP contribution in [0.1, 0.15) is 6.92 Å². The van der Waals surface area contributed by atoms with Crippen LogP contribution in [0.4, 0.5) is 0 Å². The standard InChI is InChI=1S/C5H9NO2/c1-3-4(6-2)5(7)8/h3,6H,1-2H3,(H,7,8)/b4-3+. The number of nitrogens with one attached hydrogen (secondary N) is 1. The minimum absolute atomic E-state index is 0.227. The Morgan fingerprint density at radius 3 is 2.25 bits per heavy atom. The molecule has 46 valence electrons. The van der Waals surface area contributed by atoms with Gasteiger partial charge in [-0.1, -0.05) is 6.08 Å². The first kappa shape index (κ1) is 7.01. The number of carboxylic acids is 1. The molecule has 0 saturated carbocycles. The number of carboxylic acid groups (broad SMARTS) is 1. The van der Waals surface area contributed by atoms with Crippen molar-refractivity contribution in [2.24, 2.45) is 0 Å². The van der Waals surface area contributed by atoms with Crippen molar-refractivity contribution in [1.29, 1.82) is 0 Å². The molecular formula is C5H9NO2. The normalized spacial score (nSPS) is 11.0. The monoisotopic (exact) mass is 115 g/mol. The zero-order valence-electron chi connectivity index (χ0n) is 4.93. The summed E-state index contributed by atoms with van der Waals surface area (Å²) in [5.74, 6) is -0.921. The van der Waals surface area contributed by atoms with E-state index < -0.39 is 5.97 Å². The summed E-state index contributed by atoms with van der Waals surface area (Å²) >= 11 is 0. The van der Waals surface area contributed by atoms with Crippen LogP contribution in [-0.4, -0.2) is 18.1 Å². The Labute approximate surface area is 48.0 Å². The zero-order valence-corrected chi connectivity index (χ0v) is 4.93. The Bertz CT molecular complexity index is 118. The average molecular weight is 115 g/mol. The summed E-state index contributed by atoms with van der Waals surface area (Å²) in [4.78, 5) is 10.0. The van der Waals surface area contributed by atoms with Gasteiger partial charge >= 0.3 is 5.97 Å². The molecule has 0 aromatic carbocycles. The van der Waals surface area contributed by atoms with E-state index in [-0.39, 0.29) is 5.70 Å². The molecule has 0 radical (unpaired) electrons. The van der Waals surface area contributed by atoms with E-state index in [2.05, 4.69) is 5.32 Å². The SMILES string of the molecule is C/C=C(/NC)C(=O)O. The molecule has 0 unspecified atom stereocenters. The highest BCUT2D eigenvalue weighted by atomic mass is 16.4. The molecule has 0 bridgehead atoms. The molecule has 0 aliphatic rings. The molecule has 0 heterocycles. The summed E-state index contributed by atoms with van der Waals surface area (Å²) < 4.78 is 0. The maximum absolute atomic E-state index is 10.0. The first-order chi connectivity index (χ1) is 3.72. The summed E-state index contributed by atoms with van der Waals surface area (Å²) in [5.41, 5.74) is 0.227. The van der Waals surface area contributed by atoms with Crippen LogP contribution >= 0.6 is 0 Å². The summed E-state index contributed by atoms with van der Waals surface area (Å²) in [6, 6.07) is 0. The van der Waals surface area contributed by atoms with Gasteiger partial charge < -0.3 is 10.4 Å². The van der Waals surface area contributed by atoms with Gasteiger partial charge in [0.15, 0.2) is 0 Å². The summed E-state index contributed by atoms with van der Waals surface area (Å²) in [6.07, 6.45) is 1.50. The summed E-state index contributed by atoms with van der Waals surface area (Å²) in [7, 11) is 1.57. The number of allylic oxidation sites excluding steroid dienone is 1. The Kier molecular flexibility index (Phi) is 2.69. The average Bonchev–Trinajstić information content (AvgIpc) is 1.69. The van der Waals surface area contributed by atoms with Crippen molar-refractivity contribution >= 4 is 5.97 Å². The molecule has 2 N–H and O–H groups in total. The molecule has 3 heteroatoms. The summed E-state index contributed by atoms with van der Waals surface area (Å²) in [6.45, 7) is 1.67. The smallest absolute Gasteiger partial charge is 0.351 e. The van der Waals surface area contributed by atoms with Gasteiger partial charge in [0.25, 0.3) is 0 Å². The second-order valence-corrected chi connectivity index (χ2v) is 1.26. The molecule has 0 aliphatic heterocycles. The Morgan fingerprint density at radius 2 is 2.25 bits per heavy atom. The molecule has 0 fully saturated rings. The fraction of sp³-hybridized carbons (Fsp3) is 0.400. The molecule has 0 atom stereocenters. The van der Waals surface area contributed by atoms with Crippen LogP contribution in [-0.2, 0) is 4.79 Å². The van der Waals surface area contributed by atoms with Crippen molar-refractivity contribution in [1.82, 2.24) is 5.32 Å². The Morgan fingerprint density at radius 1 is 1.75 bits per heavy atom. The predicted octanol–water partition coefficient (Wildman–Crippen LogP) is 0.194. The number of rotatable bonds is 2. The maximum atomic E-state index is 10.0. The van der Waals surface area contributed by atoms with Gasteiger partial charge in [0, 0.05) is 7.05 Å². The van der Waals surface area contributed by atoms with Gasteiger partial charge in [-0.05, 0) is 6.92 Å². The number of likely N-dealkylation sites (N-methyl/N-ethyl adjacent to an activating group) is 1. The van der Waals surface area contributed by atoms with E-state index in [9.17, 15) is 4.79 Å². The van der Waals surface area contributed by atoms with Crippen LogP contribution in [0.2, 0.25) is 0 Å². The number of hydrogen-bond donors (Lipinski definition) is 2. The van der Waals surface area contributed by atoms with Gasteiger partial charge in [-0.2, -0.15) is 0 Å². The lowest BCUT2D eigenvalue weighted by Crippen LogP contribution is -2.14. The second-order valence-electron chi connectivity index (χ2n) is 1.26. The van der Waals surface area contributed by atoms with Crippen LogP contribution in [0, 0.1) is 0 Å². The van der Waals surface area contributed by atoms with Crippen LogP contribution in [0.15, 0.2) is 11.8 Å². The predicted molar refractivity (Wildman–Crippen MR) is 30.5 cm³/mol. The van der Waals surface area contributed by atoms with Gasteiger partial charge in [0.2, 0.25) is 0 Å². The molecule has 0 aromatic heterocycles. The van der Waals surface area contributed by atoms with Crippen molar-refractivity contribution in [2.75, 3.05) is 7.05 Å². The summed E-state index contributed by atoms with van der Waals surface area (Å²) in [5, 5.41) is 10.8. The first-order valence-electron chi connectivity index (χ1n) is 2.29. The first-order valence-corrected chi connectivity index (χ1v) is 2.29. The van der Waals surface area contributed by atoms with Crippen molar-refractivity contribution in [3.63, 3.8) is 0 Å². The lowest BCUT2D eigenvalue weighted by Gasteiger charge is -1.95. The largest absolute Gasteiger partial charge is 0.477 e. The molecule has 0 rings (SSSR count). The minimum atomic E-state index is -0.921. The van der Waals surface area contributed by atoms with Crippen LogP contribution in [0.5, 0.6) is 0 Å². The third-order valence-electron chi connectivity index (χ3n) is 0.788. The Hall–Kier alpha value is -0.990. The highest BCUT2D eigenvalue weighted by molar-refractivity contribution is 5.85. The van der Waals surface area contributed by atoms with Gasteiger partial charge in [-0.15, -0.1) is 0 Å². The fourth-order valence-corrected chi connectivity index (χ4v) is 0.375. The molecule has 3 nitrogen and oxygen atoms in total. The molecule has 0 aliphatic carbocycles. The van der Waals surface area contributed by atoms with Gasteiger partial charge in [0.1, 0.15) is 5.70 Å². The number of aliphatic carboxylic acids is 1. The fourth-order valence-electron chi connectivity index (χ4n) is 0.375. The third kappa shape index (κ3) is 1.64. The van der Waals surface area contributed by atoms with Crippen LogP contribution in [0.3, 0.4) is 0 Å². The van der Waals surface area contributed by atoms with Crippen molar-refractivity contribution in [3.05, 3.63) is 11.8 Å². The molecule has 0 amide bonds. The van der Waals surface area contributed by atoms with Crippen LogP contribution in [0.25, 0.3) is 0 Å². The molecular weight excluding hydrogens is 106 g/mol. The van der Waals surface area contributed by atoms with E-state index in [1.54, 1.807) is 14.0 Å². The van der Waals surface area contributed by atoms with E-state index in [0.717, 1.165) is 0 Å². The van der Waals surface area contributed by atoms with E-state index in [4.69, 9.17) is 5.11 Å². The minimum Gasteiger partial charge on any atom is -0.477 e. The van der Waals surface area contributed by atoms with Crippen molar-refractivity contribution in [2.45, 2.75) is 6.92 Å². The lowest BCUT2D eigenvalue weighted by molar-refractivity contribution is -0.133. The van der Waals surface area contributed by atoms with Crippen molar-refractivity contribution in [3.8, 4) is 0 Å². The van der Waals surface area contributed by atoms with Gasteiger partial charge in [0.05, 0.1) is 0 Å². The maximum Gasteiger partial charge on any atom is 0.351 e. The molecule has 0 aromatic rings. The molecule has 0 saturated heterocycles. The highest BCUT2D eigenvalue weighted by Gasteiger charge is 1.98. The van der Waals surface area contributed by atoms with Gasteiger partial charge in [-0.25, -0.2) is 4.79 Å². The number of carbonyl (C=O) groups is 1. The lowest BCUT2D eigenvalue weighted by atomic mass is 10.4. The highest BCUT2D eigenvalue weighted by Crippen LogP contribution is 1.83. The van der Waals surface area contributed by atoms with E-state index in [0.29, 0.717) is 0 Å². The van der Waals surface area contributed by atoms with E-state index >= 15 is 0 Å². The topological polar surface area (TPSA) is 49.3 Å².